The molecule has 2 N–H and O–H groups in total. The van der Waals surface area contributed by atoms with Crippen LogP contribution in [0, 0.1) is 5.82 Å². The molecule has 1 saturated carbocycles. The first-order valence-electron chi connectivity index (χ1n) is 6.40. The van der Waals surface area contributed by atoms with Crippen molar-refractivity contribution in [2.75, 3.05) is 13.1 Å². The van der Waals surface area contributed by atoms with Crippen molar-refractivity contribution in [3.8, 4) is 5.75 Å². The fraction of sp³-hybridized carbons (Fsp3) is 0.462. The fourth-order valence-corrected chi connectivity index (χ4v) is 2.78. The van der Waals surface area contributed by atoms with Crippen LogP contribution in [0.3, 0.4) is 0 Å². The summed E-state index contributed by atoms with van der Waals surface area (Å²) < 4.78 is 18.4. The van der Waals surface area contributed by atoms with Gasteiger partial charge in [0.25, 0.3) is 5.91 Å². The van der Waals surface area contributed by atoms with Gasteiger partial charge in [-0.1, -0.05) is 0 Å². The van der Waals surface area contributed by atoms with Crippen molar-refractivity contribution in [3.05, 3.63) is 29.1 Å². The highest BCUT2D eigenvalue weighted by Gasteiger charge is 2.28. The Balaban J connectivity index is 1.74. The summed E-state index contributed by atoms with van der Waals surface area (Å²) in [5.74, 6) is -0.901. The van der Waals surface area contributed by atoms with Crippen molar-refractivity contribution in [2.24, 2.45) is 0 Å². The maximum Gasteiger partial charge on any atom is 0.265 e. The summed E-state index contributed by atoms with van der Waals surface area (Å²) in [4.78, 5) is 11.9. The molecule has 1 heterocycles. The molecule has 0 unspecified atom stereocenters. The Bertz CT molecular complexity index is 516. The topological polar surface area (TPSA) is 52.6 Å². The second kappa shape index (κ2) is 5.02. The summed E-state index contributed by atoms with van der Waals surface area (Å²) in [5.41, 5.74) is 0.688. The molecule has 1 aliphatic carbocycles. The fourth-order valence-electron chi connectivity index (χ4n) is 2.01. The Morgan fingerprint density at radius 2 is 2.16 bits per heavy atom. The van der Waals surface area contributed by atoms with Gasteiger partial charge < -0.3 is 5.11 Å². The molecule has 19 heavy (non-hydrogen) atoms. The number of amides is 1. The second-order valence-corrected chi connectivity index (χ2v) is 5.87. The van der Waals surface area contributed by atoms with Crippen molar-refractivity contribution < 1.29 is 14.3 Å². The number of phenols is 1. The van der Waals surface area contributed by atoms with Crippen molar-refractivity contribution >= 4 is 18.0 Å². The Hall–Kier alpha value is -1.27. The van der Waals surface area contributed by atoms with Crippen molar-refractivity contribution in [1.29, 1.82) is 0 Å². The normalized spacial score (nSPS) is 19.0. The first-order valence-corrected chi connectivity index (χ1v) is 7.17. The SMILES string of the molecule is O=C(NSN1CCC1)c1cc(C2CC2)c(O)cc1F. The maximum absolute atomic E-state index is 13.7. The van der Waals surface area contributed by atoms with E-state index in [1.165, 1.54) is 18.2 Å². The van der Waals surface area contributed by atoms with Gasteiger partial charge in [0, 0.05) is 31.3 Å². The predicted octanol–water partition coefficient (Wildman–Crippen LogP) is 2.41. The van der Waals surface area contributed by atoms with Crippen LogP contribution < -0.4 is 4.72 Å². The lowest BCUT2D eigenvalue weighted by atomic mass is 10.0. The van der Waals surface area contributed by atoms with Crippen LogP contribution in [0.4, 0.5) is 4.39 Å². The third-order valence-corrected chi connectivity index (χ3v) is 4.36. The monoisotopic (exact) mass is 282 g/mol. The van der Waals surface area contributed by atoms with E-state index in [9.17, 15) is 14.3 Å². The molecule has 0 spiro atoms. The molecule has 0 bridgehead atoms. The highest BCUT2D eigenvalue weighted by Crippen LogP contribution is 2.44. The minimum Gasteiger partial charge on any atom is -0.508 e. The Morgan fingerprint density at radius 3 is 2.74 bits per heavy atom. The average Bonchev–Trinajstić information content (AvgIpc) is 3.10. The van der Waals surface area contributed by atoms with Gasteiger partial charge >= 0.3 is 0 Å². The lowest BCUT2D eigenvalue weighted by molar-refractivity contribution is 0.0978. The number of nitrogens with one attached hydrogen (secondary N) is 1. The number of rotatable bonds is 4. The molecule has 2 fully saturated rings. The average molecular weight is 282 g/mol. The minimum absolute atomic E-state index is 0.00715. The molecule has 1 aliphatic heterocycles. The molecule has 4 nitrogen and oxygen atoms in total. The van der Waals surface area contributed by atoms with E-state index < -0.39 is 11.7 Å². The van der Waals surface area contributed by atoms with E-state index in [0.29, 0.717) is 5.56 Å². The van der Waals surface area contributed by atoms with Gasteiger partial charge in [-0.25, -0.2) is 8.70 Å². The van der Waals surface area contributed by atoms with Crippen molar-refractivity contribution in [3.63, 3.8) is 0 Å². The van der Waals surface area contributed by atoms with Crippen LogP contribution in [0.15, 0.2) is 12.1 Å². The van der Waals surface area contributed by atoms with E-state index >= 15 is 0 Å². The van der Waals surface area contributed by atoms with Crippen LogP contribution in [0.2, 0.25) is 0 Å². The van der Waals surface area contributed by atoms with Crippen LogP contribution in [-0.4, -0.2) is 28.4 Å². The van der Waals surface area contributed by atoms with Crippen LogP contribution >= 0.6 is 12.1 Å². The smallest absolute Gasteiger partial charge is 0.265 e. The molecule has 102 valence electrons. The molecule has 1 saturated heterocycles. The molecule has 1 aromatic carbocycles. The van der Waals surface area contributed by atoms with Gasteiger partial charge in [-0.3, -0.25) is 9.52 Å². The van der Waals surface area contributed by atoms with Crippen molar-refractivity contribution in [1.82, 2.24) is 9.03 Å². The van der Waals surface area contributed by atoms with Gasteiger partial charge in [0.15, 0.2) is 0 Å². The molecule has 1 aromatic rings. The summed E-state index contributed by atoms with van der Waals surface area (Å²) in [6, 6.07) is 2.52. The Kier molecular flexibility index (Phi) is 3.36. The molecule has 1 amide bonds. The van der Waals surface area contributed by atoms with Gasteiger partial charge in [0.05, 0.1) is 5.56 Å². The molecular formula is C13H15FN2O2S. The first kappa shape index (κ1) is 12.7. The first-order chi connectivity index (χ1) is 9.15. The third kappa shape index (κ3) is 2.69. The highest BCUT2D eigenvalue weighted by atomic mass is 32.2. The van der Waals surface area contributed by atoms with E-state index in [1.54, 1.807) is 0 Å². The van der Waals surface area contributed by atoms with Crippen LogP contribution in [-0.2, 0) is 0 Å². The zero-order valence-electron chi connectivity index (χ0n) is 10.4. The van der Waals surface area contributed by atoms with Crippen LogP contribution in [0.5, 0.6) is 5.75 Å². The second-order valence-electron chi connectivity index (χ2n) is 4.97. The van der Waals surface area contributed by atoms with E-state index in [2.05, 4.69) is 4.72 Å². The summed E-state index contributed by atoms with van der Waals surface area (Å²) in [5, 5.41) is 9.69. The minimum atomic E-state index is -0.677. The third-order valence-electron chi connectivity index (χ3n) is 3.46. The maximum atomic E-state index is 13.7. The molecule has 0 atom stereocenters. The molecular weight excluding hydrogens is 267 g/mol. The number of carbonyl (C=O) groups excluding carboxylic acids is 1. The standard InChI is InChI=1S/C13H15FN2O2S/c14-11-7-12(17)9(8-2-3-8)6-10(11)13(18)15-19-16-4-1-5-16/h6-8,17H,1-5H2,(H,15,18). The number of aromatic hydroxyl groups is 1. The number of benzene rings is 1. The zero-order valence-corrected chi connectivity index (χ0v) is 11.2. The predicted molar refractivity (Wildman–Crippen MR) is 71.3 cm³/mol. The van der Waals surface area contributed by atoms with Crippen LogP contribution in [0.1, 0.15) is 41.1 Å². The summed E-state index contributed by atoms with van der Waals surface area (Å²) in [7, 11) is 0. The van der Waals surface area contributed by atoms with Gasteiger partial charge in [-0.2, -0.15) is 0 Å². The van der Waals surface area contributed by atoms with Gasteiger partial charge in [-0.15, -0.1) is 0 Å². The number of nitrogens with zero attached hydrogens (tertiary/aromatic N) is 1. The zero-order chi connectivity index (χ0) is 13.4. The molecule has 0 radical (unpaired) electrons. The van der Waals surface area contributed by atoms with E-state index in [1.807, 2.05) is 4.31 Å². The van der Waals surface area contributed by atoms with Gasteiger partial charge in [0.2, 0.25) is 0 Å². The van der Waals surface area contributed by atoms with E-state index in [4.69, 9.17) is 0 Å². The number of phenolic OH excluding ortho intramolecular Hbond substituents is 1. The Morgan fingerprint density at radius 1 is 1.42 bits per heavy atom. The molecule has 2 aliphatic rings. The summed E-state index contributed by atoms with van der Waals surface area (Å²) >= 11 is 1.21. The summed E-state index contributed by atoms with van der Waals surface area (Å²) in [6.07, 6.45) is 3.10. The quantitative estimate of drug-likeness (QED) is 0.833. The van der Waals surface area contributed by atoms with Crippen LogP contribution in [0.25, 0.3) is 0 Å². The number of hydrogen-bond acceptors (Lipinski definition) is 4. The number of hydrogen-bond donors (Lipinski definition) is 2. The Labute approximate surface area is 115 Å². The van der Waals surface area contributed by atoms with Crippen molar-refractivity contribution in [2.45, 2.75) is 25.2 Å². The lowest BCUT2D eigenvalue weighted by Gasteiger charge is -2.28. The number of halogens is 1. The highest BCUT2D eigenvalue weighted by molar-refractivity contribution is 7.95. The van der Waals surface area contributed by atoms with E-state index in [-0.39, 0.29) is 17.2 Å². The van der Waals surface area contributed by atoms with Gasteiger partial charge in [-0.05, 0) is 36.8 Å². The van der Waals surface area contributed by atoms with E-state index in [0.717, 1.165) is 38.4 Å². The number of carbonyl (C=O) groups is 1. The summed E-state index contributed by atoms with van der Waals surface area (Å²) in [6.45, 7) is 1.88. The molecule has 3 rings (SSSR count). The molecule has 6 heteroatoms. The largest absolute Gasteiger partial charge is 0.508 e. The lowest BCUT2D eigenvalue weighted by Crippen LogP contribution is -2.35. The van der Waals surface area contributed by atoms with Gasteiger partial charge in [0.1, 0.15) is 11.6 Å². The molecule has 0 aromatic heterocycles.